The summed E-state index contributed by atoms with van der Waals surface area (Å²) in [6, 6.07) is 5.78. The average Bonchev–Trinajstić information content (AvgIpc) is 3.63. The van der Waals surface area contributed by atoms with Crippen LogP contribution in [0.2, 0.25) is 0 Å². The molecule has 3 atom stereocenters. The minimum Gasteiger partial charge on any atom is -0.375 e. The third kappa shape index (κ3) is 3.65. The van der Waals surface area contributed by atoms with Gasteiger partial charge in [0.1, 0.15) is 11.4 Å². The third-order valence-electron chi connectivity index (χ3n) is 7.59. The maximum atomic E-state index is 13.4. The summed E-state index contributed by atoms with van der Waals surface area (Å²) in [4.78, 5) is 47.5. The number of rotatable bonds is 2. The Morgan fingerprint density at radius 3 is 2.68 bits per heavy atom. The van der Waals surface area contributed by atoms with E-state index in [1.165, 1.54) is 0 Å². The first-order valence-corrected chi connectivity index (χ1v) is 18.7. The number of benzene rings is 1. The number of H-pyrrole nitrogens is 4. The van der Waals surface area contributed by atoms with E-state index in [0.29, 0.717) is 39.6 Å². The number of nitrogen functional groups attached to an aromatic ring is 1. The first kappa shape index (κ1) is 25.8. The predicted molar refractivity (Wildman–Crippen MR) is 165 cm³/mol. The summed E-state index contributed by atoms with van der Waals surface area (Å²) >= 11 is 7.70. The molecule has 0 fully saturated rings. The Morgan fingerprint density at radius 2 is 1.92 bits per heavy atom. The topological polar surface area (TPSA) is 169 Å². The molecule has 3 unspecified atom stereocenters. The quantitative estimate of drug-likeness (QED) is 0.130. The van der Waals surface area contributed by atoms with E-state index < -0.39 is 11.4 Å². The van der Waals surface area contributed by atoms with E-state index in [1.54, 1.807) is 18.6 Å². The zero-order valence-corrected chi connectivity index (χ0v) is 25.6. The number of aromatic amines is 4. The van der Waals surface area contributed by atoms with Gasteiger partial charge in [0.2, 0.25) is 5.78 Å². The zero-order valence-electron chi connectivity index (χ0n) is 19.7. The molecule has 10 nitrogen and oxygen atoms in total. The molecule has 7 rings (SSSR count). The van der Waals surface area contributed by atoms with Crippen molar-refractivity contribution in [3.8, 4) is 22.5 Å². The lowest BCUT2D eigenvalue weighted by Crippen LogP contribution is -2.46. The Labute approximate surface area is 247 Å². The van der Waals surface area contributed by atoms with Crippen molar-refractivity contribution in [2.45, 2.75) is 30.8 Å². The molecule has 5 aromatic rings. The fourth-order valence-electron chi connectivity index (χ4n) is 5.86. The molecule has 2 aliphatic rings. The van der Waals surface area contributed by atoms with E-state index in [2.05, 4.69) is 83.1 Å². The minimum absolute atomic E-state index is 0.0871. The Morgan fingerprint density at radius 1 is 1.16 bits per heavy atom. The van der Waals surface area contributed by atoms with E-state index in [1.807, 2.05) is 25.1 Å². The molecule has 4 heterocycles. The molecule has 4 aromatic heterocycles. The number of aromatic nitrogens is 6. The van der Waals surface area contributed by atoms with Crippen LogP contribution in [0, 0.1) is 0 Å². The largest absolute Gasteiger partial charge is 0.375 e. The molecule has 0 saturated heterocycles. The summed E-state index contributed by atoms with van der Waals surface area (Å²) in [5.74, 6) is -0.586. The normalized spacial score (nSPS) is 21.6. The molecule has 194 valence electrons. The van der Waals surface area contributed by atoms with Crippen LogP contribution in [0.25, 0.3) is 33.4 Å². The summed E-state index contributed by atoms with van der Waals surface area (Å²) in [5, 5.41) is 12.3. The van der Waals surface area contributed by atoms with Crippen molar-refractivity contribution < 1.29 is 9.90 Å². The van der Waals surface area contributed by atoms with Crippen LogP contribution >= 0.6 is 53.2 Å². The van der Waals surface area contributed by atoms with Gasteiger partial charge in [0.25, 0.3) is 5.56 Å². The fraction of sp³-hybridized carbons (Fsp3) is 0.200. The Bertz CT molecular complexity index is 1810. The average molecular weight is 800 g/mol. The lowest BCUT2D eigenvalue weighted by atomic mass is 9.63. The van der Waals surface area contributed by atoms with Gasteiger partial charge < -0.3 is 30.8 Å². The molecular formula is C25H20BrI2N7O3. The smallest absolute Gasteiger partial charge is 0.275 e. The number of carbonyl (C=O) groups excluding carboxylic acids is 1. The van der Waals surface area contributed by atoms with Crippen LogP contribution in [0.3, 0.4) is 0 Å². The molecule has 0 saturated carbocycles. The maximum Gasteiger partial charge on any atom is 0.275 e. The molecule has 13 heteroatoms. The fourth-order valence-corrected chi connectivity index (χ4v) is 6.22. The van der Waals surface area contributed by atoms with Crippen molar-refractivity contribution >= 4 is 75.8 Å². The number of Topliss-reactive ketones (excluding diaryl/α,β-unsaturated/α-hetero) is 1. The minimum atomic E-state index is -1.75. The Kier molecular flexibility index (Phi) is 6.31. The second-order valence-electron chi connectivity index (χ2n) is 9.53. The Balaban J connectivity index is 0.00000129. The first-order chi connectivity index (χ1) is 18.3. The van der Waals surface area contributed by atoms with Gasteiger partial charge in [-0.15, -0.1) is 0 Å². The molecule has 0 aliphatic heterocycles. The van der Waals surface area contributed by atoms with E-state index in [4.69, 9.17) is 5.73 Å². The number of halogens is 3. The number of nitrogens with one attached hydrogen (secondary N) is 4. The van der Waals surface area contributed by atoms with Crippen LogP contribution < -0.4 is 11.3 Å². The van der Waals surface area contributed by atoms with Gasteiger partial charge in [-0.1, -0.05) is 28.9 Å². The van der Waals surface area contributed by atoms with Gasteiger partial charge in [-0.25, -0.2) is 9.97 Å². The van der Waals surface area contributed by atoms with Crippen LogP contribution in [0.1, 0.15) is 52.6 Å². The molecule has 2 bridgehead atoms. The second kappa shape index (κ2) is 9.31. The highest BCUT2D eigenvalue weighted by Gasteiger charge is 2.56. The first-order valence-electron chi connectivity index (χ1n) is 11.6. The van der Waals surface area contributed by atoms with E-state index >= 15 is 0 Å². The van der Waals surface area contributed by atoms with E-state index in [-0.39, 0.29) is 29.8 Å². The third-order valence-corrected chi connectivity index (χ3v) is 8.08. The summed E-state index contributed by atoms with van der Waals surface area (Å²) in [6.07, 6.45) is 5.24. The van der Waals surface area contributed by atoms with E-state index in [9.17, 15) is 14.7 Å². The van der Waals surface area contributed by atoms with Crippen molar-refractivity contribution in [1.82, 2.24) is 29.9 Å². The summed E-state index contributed by atoms with van der Waals surface area (Å²) < 4.78 is 0.932. The number of hydrogen-bond donors (Lipinski definition) is 6. The molecule has 2 aliphatic carbocycles. The number of nitrogens with two attached hydrogens (primary N) is 1. The van der Waals surface area contributed by atoms with Gasteiger partial charge in [0.15, 0.2) is 11.5 Å². The van der Waals surface area contributed by atoms with Crippen LogP contribution in [0.4, 0.5) is 5.95 Å². The highest BCUT2D eigenvalue weighted by Crippen LogP contribution is 2.55. The van der Waals surface area contributed by atoms with E-state index in [0.717, 1.165) is 20.9 Å². The molecule has 0 radical (unpaired) electrons. The van der Waals surface area contributed by atoms with Crippen LogP contribution in [-0.4, -0.2) is 40.8 Å². The second-order valence-corrected chi connectivity index (χ2v) is 10.4. The number of anilines is 1. The number of ketones is 1. The molecule has 0 amide bonds. The molecule has 38 heavy (non-hydrogen) atoms. The van der Waals surface area contributed by atoms with Crippen LogP contribution in [-0.2, 0) is 5.60 Å². The Hall–Kier alpha value is -2.50. The highest BCUT2D eigenvalue weighted by molar-refractivity contribution is 15.0. The van der Waals surface area contributed by atoms with Crippen molar-refractivity contribution in [2.75, 3.05) is 5.73 Å². The maximum absolute atomic E-state index is 13.4. The summed E-state index contributed by atoms with van der Waals surface area (Å²) in [6.45, 7) is 2.01. The van der Waals surface area contributed by atoms with Crippen molar-refractivity contribution in [2.24, 2.45) is 0 Å². The van der Waals surface area contributed by atoms with Gasteiger partial charge in [-0.05, 0) is 30.0 Å². The molecule has 7 N–H and O–H groups in total. The SMILES string of the molecule is CC1c2[nH]c(N)nc2C2(O)CC1c1c(-c3cnc(-c4c[nH]c5cc(Br)ccc45)c(=O)[nH]3)c[nH]c1C2=O.II. The zero-order chi connectivity index (χ0) is 26.9. The molecular weight excluding hydrogens is 780 g/mol. The lowest BCUT2D eigenvalue weighted by Gasteiger charge is -2.42. The van der Waals surface area contributed by atoms with Crippen molar-refractivity contribution in [3.05, 3.63) is 74.3 Å². The molecule has 0 spiro atoms. The monoisotopic (exact) mass is 799 g/mol. The number of hydrogen-bond acceptors (Lipinski definition) is 6. The summed E-state index contributed by atoms with van der Waals surface area (Å²) in [5.41, 5.74) is 8.84. The van der Waals surface area contributed by atoms with Crippen molar-refractivity contribution in [1.29, 1.82) is 0 Å². The highest BCUT2D eigenvalue weighted by atomic mass is 128. The van der Waals surface area contributed by atoms with Gasteiger partial charge in [0.05, 0.1) is 17.6 Å². The lowest BCUT2D eigenvalue weighted by molar-refractivity contribution is 0.00708. The summed E-state index contributed by atoms with van der Waals surface area (Å²) in [7, 11) is 0. The number of imidazole rings is 1. The van der Waals surface area contributed by atoms with Gasteiger partial charge in [0, 0.05) is 87.7 Å². The predicted octanol–water partition coefficient (Wildman–Crippen LogP) is 5.43. The number of fused-ring (bicyclic) bond motifs is 7. The van der Waals surface area contributed by atoms with Crippen LogP contribution in [0.15, 0.2) is 46.1 Å². The van der Waals surface area contributed by atoms with Crippen LogP contribution in [0.5, 0.6) is 0 Å². The van der Waals surface area contributed by atoms with Crippen molar-refractivity contribution in [3.63, 3.8) is 0 Å². The van der Waals surface area contributed by atoms with Gasteiger partial charge in [-0.3, -0.25) is 9.59 Å². The standard InChI is InChI=1S/C25H20BrN7O3.I2/c1-9-12-5-25(36,21-18(9)32-24(27)33-21)22(34)20-17(12)14(7-29-20)16-8-30-19(23(35)31-16)13-6-28-15-4-10(26)2-3-11(13)15;1-2/h2-4,6-9,12,28-29,36H,5H2,1H3,(H,31,35)(H3,27,32,33);. The number of aliphatic hydroxyl groups is 1. The number of nitrogens with zero attached hydrogens (tertiary/aromatic N) is 2. The van der Waals surface area contributed by atoms with Gasteiger partial charge in [-0.2, -0.15) is 0 Å². The molecule has 1 aromatic carbocycles. The van der Waals surface area contributed by atoms with Gasteiger partial charge >= 0.3 is 0 Å². The number of carbonyl (C=O) groups is 1.